The second-order valence-electron chi connectivity index (χ2n) is 11.6. The van der Waals surface area contributed by atoms with Gasteiger partial charge in [0.15, 0.2) is 5.78 Å². The van der Waals surface area contributed by atoms with Crippen LogP contribution in [0.25, 0.3) is 11.3 Å². The monoisotopic (exact) mass is 543 g/mol. The highest BCUT2D eigenvalue weighted by atomic mass is 16.3. The topological polar surface area (TPSA) is 127 Å². The van der Waals surface area contributed by atoms with Crippen LogP contribution in [-0.4, -0.2) is 69.7 Å². The molecule has 0 aliphatic carbocycles. The van der Waals surface area contributed by atoms with E-state index in [0.717, 1.165) is 41.0 Å². The Hall–Kier alpha value is -3.96. The average molecular weight is 544 g/mol. The molecule has 0 saturated heterocycles. The molecule has 0 amide bonds. The molecule has 11 nitrogen and oxygen atoms in total. The Labute approximate surface area is 234 Å². The van der Waals surface area contributed by atoms with Gasteiger partial charge in [-0.05, 0) is 69.8 Å². The Kier molecular flexibility index (Phi) is 7.77. The van der Waals surface area contributed by atoms with E-state index in [4.69, 9.17) is 4.98 Å². The molecule has 40 heavy (non-hydrogen) atoms. The van der Waals surface area contributed by atoms with Crippen molar-refractivity contribution in [2.45, 2.75) is 64.6 Å². The van der Waals surface area contributed by atoms with Crippen LogP contribution in [-0.2, 0) is 19.1 Å². The Bertz CT molecular complexity index is 1480. The first-order chi connectivity index (χ1) is 19.0. The van der Waals surface area contributed by atoms with Gasteiger partial charge in [-0.25, -0.2) is 14.6 Å². The summed E-state index contributed by atoms with van der Waals surface area (Å²) in [6, 6.07) is 8.22. The van der Waals surface area contributed by atoms with Crippen molar-refractivity contribution in [3.05, 3.63) is 65.9 Å². The van der Waals surface area contributed by atoms with E-state index in [1.165, 1.54) is 0 Å². The lowest BCUT2D eigenvalue weighted by atomic mass is 9.87. The zero-order valence-electron chi connectivity index (χ0n) is 23.7. The molecule has 4 aromatic rings. The zero-order valence-corrected chi connectivity index (χ0v) is 23.7. The number of carbonyl (C=O) groups excluding carboxylic acids is 1. The fourth-order valence-corrected chi connectivity index (χ4v) is 5.10. The number of benzene rings is 1. The molecular formula is C29H37N9O2. The summed E-state index contributed by atoms with van der Waals surface area (Å²) in [5, 5.41) is 25.8. The van der Waals surface area contributed by atoms with Gasteiger partial charge in [-0.2, -0.15) is 5.10 Å². The van der Waals surface area contributed by atoms with Crippen LogP contribution in [0.5, 0.6) is 0 Å². The van der Waals surface area contributed by atoms with Crippen LogP contribution in [0.15, 0.2) is 49.1 Å². The molecule has 4 heterocycles. The van der Waals surface area contributed by atoms with Crippen molar-refractivity contribution < 1.29 is 9.90 Å². The van der Waals surface area contributed by atoms with Crippen LogP contribution in [0.3, 0.4) is 0 Å². The summed E-state index contributed by atoms with van der Waals surface area (Å²) in [4.78, 5) is 24.7. The number of aromatic nitrogens is 7. The third-order valence-electron chi connectivity index (χ3n) is 7.10. The van der Waals surface area contributed by atoms with Crippen LogP contribution in [0.2, 0.25) is 0 Å². The van der Waals surface area contributed by atoms with Gasteiger partial charge >= 0.3 is 0 Å². The first-order valence-electron chi connectivity index (χ1n) is 13.6. The summed E-state index contributed by atoms with van der Waals surface area (Å²) in [5.74, 6) is 0.507. The maximum Gasteiger partial charge on any atom is 0.227 e. The third-order valence-corrected chi connectivity index (χ3v) is 7.10. The quantitative estimate of drug-likeness (QED) is 0.318. The number of carbonyl (C=O) groups is 1. The molecular weight excluding hydrogens is 506 g/mol. The number of hydrogen-bond acceptors (Lipinski definition) is 9. The summed E-state index contributed by atoms with van der Waals surface area (Å²) >= 11 is 0. The second kappa shape index (κ2) is 11.3. The maximum atomic E-state index is 13.3. The standard InChI is InChI=1S/C29H37N9O2/c1-19(39)15-37-11-9-20(13-27(40)26-18-38(35-34-26)29(2,3)4)24-7-6-21(12-22(24)16-37)25-8-10-30-28(33-25)32-23-14-31-36(5)17-23/h6-8,10,12,14,17-20,39H,9,11,13,15-16H2,1-5H3,(H,30,32,33)/t19-,20+/m1/s1. The molecule has 1 aliphatic heterocycles. The van der Waals surface area contributed by atoms with Crippen LogP contribution < -0.4 is 5.32 Å². The van der Waals surface area contributed by atoms with Crippen LogP contribution >= 0.6 is 0 Å². The van der Waals surface area contributed by atoms with Crippen molar-refractivity contribution in [1.29, 1.82) is 0 Å². The molecule has 1 aliphatic rings. The molecule has 0 spiro atoms. The number of β-amino-alcohol motifs (C(OH)–C–C–N with tert-alkyl or cyclic N) is 1. The lowest BCUT2D eigenvalue weighted by Crippen LogP contribution is -2.30. The summed E-state index contributed by atoms with van der Waals surface area (Å²) in [6.45, 7) is 9.93. The molecule has 11 heteroatoms. The van der Waals surface area contributed by atoms with Crippen molar-refractivity contribution >= 4 is 17.4 Å². The van der Waals surface area contributed by atoms with Gasteiger partial charge in [-0.15, -0.1) is 5.10 Å². The summed E-state index contributed by atoms with van der Waals surface area (Å²) in [6.07, 6.45) is 7.78. The van der Waals surface area contributed by atoms with Crippen LogP contribution in [0.4, 0.5) is 11.6 Å². The molecule has 0 fully saturated rings. The van der Waals surface area contributed by atoms with E-state index in [2.05, 4.69) is 48.8 Å². The van der Waals surface area contributed by atoms with Gasteiger partial charge < -0.3 is 10.4 Å². The Morgan fingerprint density at radius 3 is 2.75 bits per heavy atom. The van der Waals surface area contributed by atoms with Crippen molar-refractivity contribution in [2.24, 2.45) is 7.05 Å². The number of nitrogens with zero attached hydrogens (tertiary/aromatic N) is 8. The number of rotatable bonds is 8. The lowest BCUT2D eigenvalue weighted by Gasteiger charge is -2.22. The molecule has 2 N–H and O–H groups in total. The third kappa shape index (κ3) is 6.43. The normalized spacial score (nSPS) is 16.8. The first kappa shape index (κ1) is 27.6. The number of nitrogens with one attached hydrogen (secondary N) is 1. The summed E-state index contributed by atoms with van der Waals surface area (Å²) < 4.78 is 3.45. The van der Waals surface area contributed by atoms with Gasteiger partial charge in [0.25, 0.3) is 0 Å². The number of aliphatic hydroxyl groups excluding tert-OH is 1. The van der Waals surface area contributed by atoms with Gasteiger partial charge in [-0.3, -0.25) is 14.4 Å². The molecule has 0 saturated carbocycles. The van der Waals surface area contributed by atoms with E-state index in [9.17, 15) is 9.90 Å². The first-order valence-corrected chi connectivity index (χ1v) is 13.6. The van der Waals surface area contributed by atoms with Crippen molar-refractivity contribution in [3.8, 4) is 11.3 Å². The number of anilines is 2. The number of Topliss-reactive ketones (excluding diaryl/α,β-unsaturated/α-hetero) is 1. The predicted octanol–water partition coefficient (Wildman–Crippen LogP) is 3.91. The average Bonchev–Trinajstić information content (AvgIpc) is 3.52. The Morgan fingerprint density at radius 1 is 1.23 bits per heavy atom. The second-order valence-corrected chi connectivity index (χ2v) is 11.6. The summed E-state index contributed by atoms with van der Waals surface area (Å²) in [5.41, 5.74) is 5.00. The number of ketones is 1. The van der Waals surface area contributed by atoms with Crippen molar-refractivity contribution in [3.63, 3.8) is 0 Å². The van der Waals surface area contributed by atoms with Crippen molar-refractivity contribution in [1.82, 2.24) is 39.6 Å². The fraction of sp³-hybridized carbons (Fsp3) is 0.448. The van der Waals surface area contributed by atoms with E-state index in [1.807, 2.05) is 40.1 Å². The highest BCUT2D eigenvalue weighted by molar-refractivity contribution is 5.94. The summed E-state index contributed by atoms with van der Waals surface area (Å²) in [7, 11) is 1.86. The van der Waals surface area contributed by atoms with E-state index in [0.29, 0.717) is 31.2 Å². The molecule has 0 unspecified atom stereocenters. The Balaban J connectivity index is 1.42. The van der Waals surface area contributed by atoms with Crippen molar-refractivity contribution in [2.75, 3.05) is 18.4 Å². The zero-order chi connectivity index (χ0) is 28.4. The number of aryl methyl sites for hydroxylation is 1. The largest absolute Gasteiger partial charge is 0.392 e. The van der Waals surface area contributed by atoms with Crippen LogP contribution in [0, 0.1) is 0 Å². The fourth-order valence-electron chi connectivity index (χ4n) is 5.10. The highest BCUT2D eigenvalue weighted by Gasteiger charge is 2.27. The van der Waals surface area contributed by atoms with Gasteiger partial charge in [0.1, 0.15) is 5.69 Å². The van der Waals surface area contributed by atoms with Crippen LogP contribution in [0.1, 0.15) is 68.1 Å². The molecule has 1 aromatic carbocycles. The van der Waals surface area contributed by atoms with Gasteiger partial charge in [0.2, 0.25) is 5.95 Å². The smallest absolute Gasteiger partial charge is 0.227 e. The minimum atomic E-state index is -0.444. The minimum absolute atomic E-state index is 0.0126. The van der Waals surface area contributed by atoms with E-state index < -0.39 is 6.10 Å². The van der Waals surface area contributed by atoms with Gasteiger partial charge in [-0.1, -0.05) is 17.3 Å². The number of fused-ring (bicyclic) bond motifs is 1. The lowest BCUT2D eigenvalue weighted by molar-refractivity contribution is 0.0961. The molecule has 0 radical (unpaired) electrons. The SMILES string of the molecule is C[C@@H](O)CN1CC[C@@H](CC(=O)c2cn(C(C)(C)C)nn2)c2ccc(-c3ccnc(Nc4cnn(C)c4)n3)cc2C1. The van der Waals surface area contributed by atoms with Gasteiger partial charge in [0.05, 0.1) is 35.4 Å². The molecule has 210 valence electrons. The Morgan fingerprint density at radius 2 is 2.05 bits per heavy atom. The number of aliphatic hydroxyl groups is 1. The molecule has 3 aromatic heterocycles. The predicted molar refractivity (Wildman–Crippen MR) is 152 cm³/mol. The maximum absolute atomic E-state index is 13.3. The number of hydrogen-bond donors (Lipinski definition) is 2. The molecule has 5 rings (SSSR count). The van der Waals surface area contributed by atoms with Gasteiger partial charge in [0, 0.05) is 44.5 Å². The van der Waals surface area contributed by atoms with E-state index >= 15 is 0 Å². The molecule has 2 atom stereocenters. The van der Waals surface area contributed by atoms with E-state index in [-0.39, 0.29) is 17.2 Å². The molecule has 0 bridgehead atoms. The minimum Gasteiger partial charge on any atom is -0.392 e. The van der Waals surface area contributed by atoms with E-state index in [1.54, 1.807) is 34.9 Å². The highest BCUT2D eigenvalue weighted by Crippen LogP contribution is 2.35.